The first-order chi connectivity index (χ1) is 11.6. The Morgan fingerprint density at radius 2 is 1.79 bits per heavy atom. The van der Waals surface area contributed by atoms with E-state index in [1.54, 1.807) is 31.4 Å². The third-order valence-electron chi connectivity index (χ3n) is 3.94. The van der Waals surface area contributed by atoms with Crippen molar-refractivity contribution >= 4 is 23.6 Å². The Bertz CT molecular complexity index is 732. The molecule has 0 radical (unpaired) electrons. The van der Waals surface area contributed by atoms with Crippen LogP contribution in [0.1, 0.15) is 21.3 Å². The lowest BCUT2D eigenvalue weighted by molar-refractivity contribution is -0.141. The summed E-state index contributed by atoms with van der Waals surface area (Å²) in [6.07, 6.45) is 0. The largest absolute Gasteiger partial charge is 0.497 e. The van der Waals surface area contributed by atoms with Crippen molar-refractivity contribution in [3.05, 3.63) is 65.7 Å². The highest BCUT2D eigenvalue weighted by atomic mass is 32.2. The molecule has 5 nitrogen and oxygen atoms in total. The van der Waals surface area contributed by atoms with E-state index >= 15 is 0 Å². The van der Waals surface area contributed by atoms with Gasteiger partial charge in [0.05, 0.1) is 7.11 Å². The molecule has 3 rings (SSSR count). The van der Waals surface area contributed by atoms with Crippen LogP contribution in [0.3, 0.4) is 0 Å². The van der Waals surface area contributed by atoms with Crippen LogP contribution in [-0.2, 0) is 4.79 Å². The summed E-state index contributed by atoms with van der Waals surface area (Å²) in [5, 5.41) is 9.20. The lowest BCUT2D eigenvalue weighted by atomic mass is 10.1. The number of amides is 1. The summed E-state index contributed by atoms with van der Waals surface area (Å²) in [7, 11) is 1.56. The number of rotatable bonds is 4. The second-order valence-corrected chi connectivity index (χ2v) is 6.50. The van der Waals surface area contributed by atoms with Gasteiger partial charge in [-0.05, 0) is 29.8 Å². The van der Waals surface area contributed by atoms with Crippen LogP contribution in [-0.4, -0.2) is 40.8 Å². The summed E-state index contributed by atoms with van der Waals surface area (Å²) >= 11 is 1.47. The molecule has 0 spiro atoms. The molecule has 0 aromatic heterocycles. The van der Waals surface area contributed by atoms with Crippen LogP contribution in [0.25, 0.3) is 0 Å². The number of methoxy groups -OCH3 is 1. The molecule has 0 bridgehead atoms. The average Bonchev–Trinajstić information content (AvgIpc) is 3.07. The van der Waals surface area contributed by atoms with E-state index in [0.717, 1.165) is 5.56 Å². The molecular formula is C18H17NO4S. The number of hydrogen-bond acceptors (Lipinski definition) is 4. The quantitative estimate of drug-likeness (QED) is 0.924. The van der Waals surface area contributed by atoms with Crippen molar-refractivity contribution in [1.82, 2.24) is 4.90 Å². The molecule has 1 fully saturated rings. The van der Waals surface area contributed by atoms with Crippen LogP contribution in [0.4, 0.5) is 0 Å². The molecule has 2 aromatic carbocycles. The zero-order valence-electron chi connectivity index (χ0n) is 13.1. The number of carbonyl (C=O) groups excluding carboxylic acids is 1. The van der Waals surface area contributed by atoms with Gasteiger partial charge in [-0.2, -0.15) is 0 Å². The van der Waals surface area contributed by atoms with E-state index in [1.807, 2.05) is 30.3 Å². The first kappa shape index (κ1) is 16.4. The van der Waals surface area contributed by atoms with Gasteiger partial charge >= 0.3 is 5.97 Å². The Labute approximate surface area is 144 Å². The van der Waals surface area contributed by atoms with E-state index in [4.69, 9.17) is 4.74 Å². The van der Waals surface area contributed by atoms with E-state index in [1.165, 1.54) is 16.7 Å². The molecule has 1 saturated heterocycles. The predicted octanol–water partition coefficient (Wildman–Crippen LogP) is 3.04. The number of ether oxygens (including phenoxy) is 1. The fourth-order valence-corrected chi connectivity index (χ4v) is 4.12. The standard InChI is InChI=1S/C18H17NO4S/c1-23-14-9-7-12(8-10-14)16(20)19-15(18(21)22)11-24-17(19)13-5-3-2-4-6-13/h2-10,15,17H,11H2,1H3,(H,21,22)/t15-,17+/m0/s1. The highest BCUT2D eigenvalue weighted by molar-refractivity contribution is 7.99. The van der Waals surface area contributed by atoms with Crippen molar-refractivity contribution in [2.45, 2.75) is 11.4 Å². The molecule has 1 heterocycles. The molecular weight excluding hydrogens is 326 g/mol. The van der Waals surface area contributed by atoms with Crippen LogP contribution in [0.2, 0.25) is 0 Å². The highest BCUT2D eigenvalue weighted by Gasteiger charge is 2.42. The maximum atomic E-state index is 13.0. The summed E-state index contributed by atoms with van der Waals surface area (Å²) in [4.78, 5) is 26.0. The molecule has 124 valence electrons. The number of carboxylic acids is 1. The van der Waals surface area contributed by atoms with Gasteiger partial charge in [-0.1, -0.05) is 30.3 Å². The monoisotopic (exact) mass is 343 g/mol. The Morgan fingerprint density at radius 1 is 1.12 bits per heavy atom. The van der Waals surface area contributed by atoms with E-state index in [0.29, 0.717) is 17.1 Å². The number of thioether (sulfide) groups is 1. The maximum Gasteiger partial charge on any atom is 0.327 e. The van der Waals surface area contributed by atoms with Gasteiger partial charge in [-0.15, -0.1) is 11.8 Å². The highest BCUT2D eigenvalue weighted by Crippen LogP contribution is 2.42. The number of aliphatic carboxylic acids is 1. The second kappa shape index (κ2) is 6.97. The van der Waals surface area contributed by atoms with E-state index in [-0.39, 0.29) is 11.3 Å². The Morgan fingerprint density at radius 3 is 2.38 bits per heavy atom. The van der Waals surface area contributed by atoms with Gasteiger partial charge in [0.15, 0.2) is 0 Å². The van der Waals surface area contributed by atoms with Crippen molar-refractivity contribution in [2.75, 3.05) is 12.9 Å². The van der Waals surface area contributed by atoms with Crippen LogP contribution < -0.4 is 4.74 Å². The molecule has 0 unspecified atom stereocenters. The molecule has 24 heavy (non-hydrogen) atoms. The molecule has 1 aliphatic rings. The number of benzene rings is 2. The van der Waals surface area contributed by atoms with Gasteiger partial charge in [0, 0.05) is 11.3 Å². The predicted molar refractivity (Wildman–Crippen MR) is 92.2 cm³/mol. The Kier molecular flexibility index (Phi) is 4.76. The van der Waals surface area contributed by atoms with E-state index < -0.39 is 12.0 Å². The number of hydrogen-bond donors (Lipinski definition) is 1. The van der Waals surface area contributed by atoms with Crippen molar-refractivity contribution in [3.63, 3.8) is 0 Å². The zero-order valence-corrected chi connectivity index (χ0v) is 13.9. The number of carbonyl (C=O) groups is 2. The van der Waals surface area contributed by atoms with Crippen LogP contribution in [0.5, 0.6) is 5.75 Å². The van der Waals surface area contributed by atoms with Crippen molar-refractivity contribution < 1.29 is 19.4 Å². The SMILES string of the molecule is COc1ccc(C(=O)N2[C@@H](c3ccccc3)SC[C@H]2C(=O)O)cc1. The number of nitrogens with zero attached hydrogens (tertiary/aromatic N) is 1. The van der Waals surface area contributed by atoms with Crippen LogP contribution in [0.15, 0.2) is 54.6 Å². The fraction of sp³-hybridized carbons (Fsp3) is 0.222. The number of carboxylic acid groups (broad SMARTS) is 1. The topological polar surface area (TPSA) is 66.8 Å². The normalized spacial score (nSPS) is 20.0. The second-order valence-electron chi connectivity index (χ2n) is 5.39. The molecule has 6 heteroatoms. The lowest BCUT2D eigenvalue weighted by Gasteiger charge is -2.27. The fourth-order valence-electron chi connectivity index (χ4n) is 2.70. The van der Waals surface area contributed by atoms with E-state index in [9.17, 15) is 14.7 Å². The zero-order chi connectivity index (χ0) is 17.1. The molecule has 0 aliphatic carbocycles. The summed E-state index contributed by atoms with van der Waals surface area (Å²) in [6, 6.07) is 15.4. The van der Waals surface area contributed by atoms with Crippen molar-refractivity contribution in [2.24, 2.45) is 0 Å². The first-order valence-electron chi connectivity index (χ1n) is 7.48. The van der Waals surface area contributed by atoms with Crippen molar-refractivity contribution in [3.8, 4) is 5.75 Å². The maximum absolute atomic E-state index is 13.0. The minimum absolute atomic E-state index is 0.288. The molecule has 1 N–H and O–H groups in total. The molecule has 0 saturated carbocycles. The van der Waals surface area contributed by atoms with Gasteiger partial charge < -0.3 is 14.7 Å². The van der Waals surface area contributed by atoms with Gasteiger partial charge in [-0.25, -0.2) is 4.79 Å². The molecule has 1 aliphatic heterocycles. The van der Waals surface area contributed by atoms with Crippen molar-refractivity contribution in [1.29, 1.82) is 0 Å². The molecule has 2 atom stereocenters. The minimum atomic E-state index is -0.984. The van der Waals surface area contributed by atoms with Gasteiger partial charge in [0.25, 0.3) is 5.91 Å². The average molecular weight is 343 g/mol. The summed E-state index contributed by atoms with van der Waals surface area (Å²) in [6.45, 7) is 0. The third-order valence-corrected chi connectivity index (χ3v) is 5.26. The summed E-state index contributed by atoms with van der Waals surface area (Å²) < 4.78 is 5.10. The van der Waals surface area contributed by atoms with E-state index in [2.05, 4.69) is 0 Å². The molecule has 1 amide bonds. The minimum Gasteiger partial charge on any atom is -0.497 e. The lowest BCUT2D eigenvalue weighted by Crippen LogP contribution is -2.42. The third kappa shape index (κ3) is 3.10. The van der Waals surface area contributed by atoms with Gasteiger partial charge in [-0.3, -0.25) is 4.79 Å². The molecule has 2 aromatic rings. The Balaban J connectivity index is 1.94. The Hall–Kier alpha value is -2.47. The van der Waals surface area contributed by atoms with Gasteiger partial charge in [0.1, 0.15) is 17.2 Å². The summed E-state index contributed by atoms with van der Waals surface area (Å²) in [5.74, 6) is -0.250. The smallest absolute Gasteiger partial charge is 0.327 e. The first-order valence-corrected chi connectivity index (χ1v) is 8.53. The van der Waals surface area contributed by atoms with Crippen LogP contribution >= 0.6 is 11.8 Å². The van der Waals surface area contributed by atoms with Crippen LogP contribution in [0, 0.1) is 0 Å². The summed E-state index contributed by atoms with van der Waals surface area (Å²) in [5.41, 5.74) is 1.37. The van der Waals surface area contributed by atoms with Gasteiger partial charge in [0.2, 0.25) is 0 Å².